The van der Waals surface area contributed by atoms with Crippen molar-refractivity contribution in [1.29, 1.82) is 0 Å². The lowest BCUT2D eigenvalue weighted by Gasteiger charge is -2.11. The lowest BCUT2D eigenvalue weighted by Crippen LogP contribution is -2.38. The number of rotatable bonds is 10. The molecule has 0 fully saturated rings. The number of carbonyl (C=O) groups excluding carboxylic acids is 1. The van der Waals surface area contributed by atoms with E-state index in [2.05, 4.69) is 25.7 Å². The zero-order valence-corrected chi connectivity index (χ0v) is 19.2. The average Bonchev–Trinajstić information content (AvgIpc) is 2.60. The molecule has 10 heteroatoms. The molecule has 1 rings (SSSR count). The molecule has 0 aromatic heterocycles. The lowest BCUT2D eigenvalue weighted by molar-refractivity contribution is 0.0963. The summed E-state index contributed by atoms with van der Waals surface area (Å²) >= 11 is 0. The summed E-state index contributed by atoms with van der Waals surface area (Å²) in [6, 6.07) is 7.51. The maximum Gasteiger partial charge on any atom is 0.251 e. The van der Waals surface area contributed by atoms with Crippen molar-refractivity contribution in [2.45, 2.75) is 19.8 Å². The number of halogens is 1. The Hall–Kier alpha value is -1.40. The van der Waals surface area contributed by atoms with Gasteiger partial charge in [0.25, 0.3) is 5.91 Å². The van der Waals surface area contributed by atoms with Gasteiger partial charge in [0.1, 0.15) is 0 Å². The van der Waals surface area contributed by atoms with Gasteiger partial charge in [-0.25, -0.2) is 13.1 Å². The predicted molar refractivity (Wildman–Crippen MR) is 120 cm³/mol. The zero-order valence-electron chi connectivity index (χ0n) is 16.0. The molecule has 0 aliphatic carbocycles. The van der Waals surface area contributed by atoms with Gasteiger partial charge in [-0.15, -0.1) is 24.0 Å². The summed E-state index contributed by atoms with van der Waals surface area (Å²) in [7, 11) is -1.54. The Kier molecular flexibility index (Phi) is 13.0. The van der Waals surface area contributed by atoms with E-state index in [1.807, 2.05) is 25.1 Å². The first-order valence-electron chi connectivity index (χ1n) is 8.63. The molecule has 0 spiro atoms. The van der Waals surface area contributed by atoms with Crippen LogP contribution in [0.3, 0.4) is 0 Å². The monoisotopic (exact) mass is 511 g/mol. The highest BCUT2D eigenvalue weighted by molar-refractivity contribution is 14.0. The largest absolute Gasteiger partial charge is 0.357 e. The molecule has 0 atom stereocenters. The first-order chi connectivity index (χ1) is 12.4. The maximum absolute atomic E-state index is 11.7. The van der Waals surface area contributed by atoms with Crippen LogP contribution in [-0.4, -0.2) is 59.8 Å². The van der Waals surface area contributed by atoms with Gasteiger partial charge >= 0.3 is 0 Å². The van der Waals surface area contributed by atoms with Crippen molar-refractivity contribution >= 4 is 45.9 Å². The Balaban J connectivity index is 0.00000676. The number of hydrogen-bond donors (Lipinski definition) is 4. The third-order valence-corrected chi connectivity index (χ3v) is 4.16. The van der Waals surface area contributed by atoms with Crippen molar-refractivity contribution < 1.29 is 13.2 Å². The van der Waals surface area contributed by atoms with Crippen LogP contribution < -0.4 is 20.7 Å². The van der Waals surface area contributed by atoms with E-state index >= 15 is 0 Å². The molecular formula is C17H30IN5O3S. The molecule has 0 unspecified atom stereocenters. The van der Waals surface area contributed by atoms with Crippen molar-refractivity contribution in [3.63, 3.8) is 0 Å². The standard InChI is InChI=1S/C17H29N5O3S.HI/c1-4-19-17(20-10-6-11-22-26(3,24)25)21-12-9-14-7-5-8-15(13-14)16(23)18-2;/h5,7-8,13,22H,4,6,9-12H2,1-3H3,(H,18,23)(H2,19,20,21);1H. The zero-order chi connectivity index (χ0) is 19.4. The fourth-order valence-electron chi connectivity index (χ4n) is 2.21. The van der Waals surface area contributed by atoms with E-state index in [-0.39, 0.29) is 29.9 Å². The van der Waals surface area contributed by atoms with Crippen molar-refractivity contribution in [3.8, 4) is 0 Å². The molecular weight excluding hydrogens is 481 g/mol. The number of sulfonamides is 1. The number of nitrogens with one attached hydrogen (secondary N) is 4. The van der Waals surface area contributed by atoms with Gasteiger partial charge in [-0.1, -0.05) is 12.1 Å². The fourth-order valence-corrected chi connectivity index (χ4v) is 2.72. The van der Waals surface area contributed by atoms with Crippen molar-refractivity contribution in [2.24, 2.45) is 4.99 Å². The molecule has 0 heterocycles. The van der Waals surface area contributed by atoms with E-state index in [0.29, 0.717) is 37.6 Å². The number of carbonyl (C=O) groups is 1. The first-order valence-corrected chi connectivity index (χ1v) is 10.5. The second-order valence-electron chi connectivity index (χ2n) is 5.74. The minimum Gasteiger partial charge on any atom is -0.357 e. The van der Waals surface area contributed by atoms with Crippen LogP contribution in [0.4, 0.5) is 0 Å². The summed E-state index contributed by atoms with van der Waals surface area (Å²) < 4.78 is 24.4. The van der Waals surface area contributed by atoms with Crippen LogP contribution in [0.2, 0.25) is 0 Å². The summed E-state index contributed by atoms with van der Waals surface area (Å²) in [5.41, 5.74) is 1.70. The van der Waals surface area contributed by atoms with E-state index < -0.39 is 10.0 Å². The Bertz CT molecular complexity index is 710. The summed E-state index contributed by atoms with van der Waals surface area (Å²) in [5, 5.41) is 9.01. The van der Waals surface area contributed by atoms with Crippen LogP contribution in [0, 0.1) is 0 Å². The van der Waals surface area contributed by atoms with Gasteiger partial charge in [-0.05, 0) is 37.5 Å². The number of aliphatic imine (C=N–C) groups is 1. The predicted octanol–water partition coefficient (Wildman–Crippen LogP) is 0.701. The summed E-state index contributed by atoms with van der Waals surface area (Å²) in [5.74, 6) is 0.590. The second kappa shape index (κ2) is 13.7. The van der Waals surface area contributed by atoms with Crippen molar-refractivity contribution in [3.05, 3.63) is 35.4 Å². The molecule has 154 valence electrons. The molecule has 0 bridgehead atoms. The Morgan fingerprint density at radius 2 is 1.93 bits per heavy atom. The van der Waals surface area contributed by atoms with Crippen LogP contribution >= 0.6 is 24.0 Å². The minimum atomic E-state index is -3.15. The molecule has 0 saturated heterocycles. The molecule has 1 amide bonds. The number of hydrogen-bond acceptors (Lipinski definition) is 4. The van der Waals surface area contributed by atoms with Crippen molar-refractivity contribution in [2.75, 3.05) is 39.5 Å². The van der Waals surface area contributed by atoms with Gasteiger partial charge in [0.05, 0.1) is 6.26 Å². The summed E-state index contributed by atoms with van der Waals surface area (Å²) in [6.07, 6.45) is 2.52. The highest BCUT2D eigenvalue weighted by Gasteiger charge is 2.04. The van der Waals surface area contributed by atoms with Gasteiger partial charge in [-0.2, -0.15) is 0 Å². The van der Waals surface area contributed by atoms with Crippen molar-refractivity contribution in [1.82, 2.24) is 20.7 Å². The summed E-state index contributed by atoms with van der Waals surface area (Å²) in [4.78, 5) is 16.1. The van der Waals surface area contributed by atoms with E-state index in [0.717, 1.165) is 24.8 Å². The van der Waals surface area contributed by atoms with Crippen LogP contribution in [0.15, 0.2) is 29.3 Å². The van der Waals surface area contributed by atoms with Gasteiger partial charge in [0.15, 0.2) is 5.96 Å². The Labute approximate surface area is 179 Å². The molecule has 1 aromatic carbocycles. The minimum absolute atomic E-state index is 0. The number of amides is 1. The number of guanidine groups is 1. The van der Waals surface area contributed by atoms with E-state index in [1.165, 1.54) is 0 Å². The van der Waals surface area contributed by atoms with Gasteiger partial charge in [0, 0.05) is 38.8 Å². The van der Waals surface area contributed by atoms with E-state index in [1.54, 1.807) is 13.1 Å². The normalized spacial score (nSPS) is 11.4. The number of nitrogens with zero attached hydrogens (tertiary/aromatic N) is 1. The highest BCUT2D eigenvalue weighted by Crippen LogP contribution is 2.05. The van der Waals surface area contributed by atoms with E-state index in [4.69, 9.17) is 0 Å². The average molecular weight is 511 g/mol. The smallest absolute Gasteiger partial charge is 0.251 e. The summed E-state index contributed by atoms with van der Waals surface area (Å²) in [6.45, 7) is 4.28. The molecule has 0 aliphatic heterocycles. The van der Waals surface area contributed by atoms with Crippen LogP contribution in [0.1, 0.15) is 29.3 Å². The van der Waals surface area contributed by atoms with Crippen LogP contribution in [0.25, 0.3) is 0 Å². The first kappa shape index (κ1) is 25.6. The second-order valence-corrected chi connectivity index (χ2v) is 7.57. The van der Waals surface area contributed by atoms with Gasteiger partial charge < -0.3 is 16.0 Å². The molecule has 8 nitrogen and oxygen atoms in total. The van der Waals surface area contributed by atoms with Crippen LogP contribution in [0.5, 0.6) is 0 Å². The van der Waals surface area contributed by atoms with Gasteiger partial charge in [0.2, 0.25) is 10.0 Å². The third-order valence-electron chi connectivity index (χ3n) is 3.44. The molecule has 4 N–H and O–H groups in total. The van der Waals surface area contributed by atoms with Gasteiger partial charge in [-0.3, -0.25) is 9.79 Å². The van der Waals surface area contributed by atoms with E-state index in [9.17, 15) is 13.2 Å². The lowest BCUT2D eigenvalue weighted by atomic mass is 10.1. The molecule has 0 aliphatic rings. The highest BCUT2D eigenvalue weighted by atomic mass is 127. The molecule has 1 aromatic rings. The number of benzene rings is 1. The third kappa shape index (κ3) is 11.8. The SMILES string of the molecule is CCNC(=NCCCNS(C)(=O)=O)NCCc1cccc(C(=O)NC)c1.I. The maximum atomic E-state index is 11.7. The topological polar surface area (TPSA) is 112 Å². The Morgan fingerprint density at radius 1 is 1.19 bits per heavy atom. The quantitative estimate of drug-likeness (QED) is 0.160. The molecule has 0 saturated carbocycles. The molecule has 27 heavy (non-hydrogen) atoms. The Morgan fingerprint density at radius 3 is 2.56 bits per heavy atom. The van der Waals surface area contributed by atoms with Crippen LogP contribution in [-0.2, 0) is 16.4 Å². The molecule has 0 radical (unpaired) electrons. The fraction of sp³-hybridized carbons (Fsp3) is 0.529.